The van der Waals surface area contributed by atoms with Gasteiger partial charge in [0.25, 0.3) is 0 Å². The smallest absolute Gasteiger partial charge is 0.322 e. The number of hydrogen-bond acceptors (Lipinski definition) is 6. The Bertz CT molecular complexity index is 427. The van der Waals surface area contributed by atoms with Gasteiger partial charge in [-0.2, -0.15) is 0 Å². The second-order valence-corrected chi connectivity index (χ2v) is 11.3. The summed E-state index contributed by atoms with van der Waals surface area (Å²) in [5, 5.41) is 0. The molecule has 0 aromatic heterocycles. The van der Waals surface area contributed by atoms with Crippen molar-refractivity contribution in [1.82, 2.24) is 0 Å². The minimum absolute atomic E-state index is 0.109. The first-order valence-electron chi connectivity index (χ1n) is 10.7. The lowest BCUT2D eigenvalue weighted by Gasteiger charge is -2.25. The average Bonchev–Trinajstić information content (AvgIpc) is 3.48. The molecule has 3 nitrogen and oxygen atoms in total. The molecule has 2 unspecified atom stereocenters. The van der Waals surface area contributed by atoms with Crippen LogP contribution in [0.3, 0.4) is 0 Å². The zero-order chi connectivity index (χ0) is 20.0. The van der Waals surface area contributed by atoms with Crippen LogP contribution in [0.5, 0.6) is 0 Å². The van der Waals surface area contributed by atoms with E-state index in [2.05, 4.69) is 6.92 Å². The number of unbranched alkanes of at least 4 members (excludes halogenated alkanes) is 9. The van der Waals surface area contributed by atoms with E-state index in [-0.39, 0.29) is 12.1 Å². The Morgan fingerprint density at radius 1 is 1.07 bits per heavy atom. The van der Waals surface area contributed by atoms with E-state index in [1.807, 2.05) is 13.8 Å². The van der Waals surface area contributed by atoms with Gasteiger partial charge in [-0.1, -0.05) is 95.6 Å². The maximum atomic E-state index is 12.4. The standard InChI is InChI=1S/C21H38O3S3/c1-4-6-7-8-9-10-11-12-13-14-15-26-20(25)27-21(3,5-2)19(22)24-17-18-16-23-18/h18H,4-17H2,1-3H3. The lowest BCUT2D eigenvalue weighted by Crippen LogP contribution is -2.34. The van der Waals surface area contributed by atoms with Crippen LogP contribution in [0, 0.1) is 0 Å². The molecule has 6 heteroatoms. The fraction of sp³-hybridized carbons (Fsp3) is 0.905. The fourth-order valence-corrected chi connectivity index (χ4v) is 5.71. The molecule has 1 aliphatic heterocycles. The van der Waals surface area contributed by atoms with E-state index in [0.29, 0.717) is 19.6 Å². The number of carbonyl (C=O) groups is 1. The first-order chi connectivity index (χ1) is 13.0. The van der Waals surface area contributed by atoms with E-state index in [1.54, 1.807) is 11.8 Å². The molecule has 0 amide bonds. The molecule has 1 saturated heterocycles. The number of epoxide rings is 1. The van der Waals surface area contributed by atoms with Gasteiger partial charge in [-0.25, -0.2) is 0 Å². The second-order valence-electron chi connectivity index (χ2n) is 7.52. The molecule has 158 valence electrons. The highest BCUT2D eigenvalue weighted by atomic mass is 32.2. The van der Waals surface area contributed by atoms with E-state index in [9.17, 15) is 4.79 Å². The van der Waals surface area contributed by atoms with E-state index in [4.69, 9.17) is 21.7 Å². The minimum atomic E-state index is -0.587. The average molecular weight is 435 g/mol. The number of hydrogen-bond donors (Lipinski definition) is 0. The van der Waals surface area contributed by atoms with Gasteiger partial charge in [0.1, 0.15) is 21.0 Å². The monoisotopic (exact) mass is 434 g/mol. The van der Waals surface area contributed by atoms with Crippen molar-refractivity contribution in [2.24, 2.45) is 0 Å². The molecule has 0 radical (unpaired) electrons. The Morgan fingerprint density at radius 3 is 2.15 bits per heavy atom. The van der Waals surface area contributed by atoms with Crippen molar-refractivity contribution in [2.75, 3.05) is 19.0 Å². The molecule has 27 heavy (non-hydrogen) atoms. The second kappa shape index (κ2) is 15.1. The molecule has 0 aliphatic carbocycles. The molecule has 0 aromatic carbocycles. The summed E-state index contributed by atoms with van der Waals surface area (Å²) < 4.78 is 10.7. The summed E-state index contributed by atoms with van der Waals surface area (Å²) in [4.78, 5) is 12.4. The Hall–Kier alpha value is 0.220. The van der Waals surface area contributed by atoms with Gasteiger partial charge in [0.15, 0.2) is 0 Å². The Labute approximate surface area is 180 Å². The minimum Gasteiger partial charge on any atom is -0.462 e. The Morgan fingerprint density at radius 2 is 1.63 bits per heavy atom. The van der Waals surface area contributed by atoms with Crippen LogP contribution in [-0.4, -0.2) is 39.3 Å². The van der Waals surface area contributed by atoms with Crippen LogP contribution in [0.2, 0.25) is 0 Å². The van der Waals surface area contributed by atoms with Gasteiger partial charge in [0, 0.05) is 0 Å². The van der Waals surface area contributed by atoms with Gasteiger partial charge in [-0.3, -0.25) is 4.79 Å². The molecule has 0 spiro atoms. The molecule has 1 aliphatic rings. The Balaban J connectivity index is 2.03. The zero-order valence-corrected chi connectivity index (χ0v) is 19.9. The normalized spacial score (nSPS) is 18.1. The molecule has 2 atom stereocenters. The highest BCUT2D eigenvalue weighted by Gasteiger charge is 2.36. The molecule has 0 aromatic rings. The van der Waals surface area contributed by atoms with Gasteiger partial charge >= 0.3 is 5.97 Å². The van der Waals surface area contributed by atoms with Crippen molar-refractivity contribution < 1.29 is 14.3 Å². The summed E-state index contributed by atoms with van der Waals surface area (Å²) >= 11 is 8.70. The Kier molecular flexibility index (Phi) is 14.1. The molecule has 0 saturated carbocycles. The number of ether oxygens (including phenoxy) is 2. The summed E-state index contributed by atoms with van der Waals surface area (Å²) in [7, 11) is 0. The van der Waals surface area contributed by atoms with Crippen LogP contribution in [-0.2, 0) is 14.3 Å². The van der Waals surface area contributed by atoms with Gasteiger partial charge in [-0.15, -0.1) is 11.8 Å². The molecule has 0 N–H and O–H groups in total. The third-order valence-electron chi connectivity index (χ3n) is 4.94. The first kappa shape index (κ1) is 25.3. The largest absolute Gasteiger partial charge is 0.462 e. The van der Waals surface area contributed by atoms with Gasteiger partial charge in [0.05, 0.1) is 6.61 Å². The van der Waals surface area contributed by atoms with E-state index < -0.39 is 4.75 Å². The fourth-order valence-electron chi connectivity index (χ4n) is 2.70. The van der Waals surface area contributed by atoms with Crippen molar-refractivity contribution in [3.05, 3.63) is 0 Å². The summed E-state index contributed by atoms with van der Waals surface area (Å²) in [6.07, 6.45) is 14.3. The zero-order valence-electron chi connectivity index (χ0n) is 17.4. The third-order valence-corrected chi connectivity index (χ3v) is 7.94. The van der Waals surface area contributed by atoms with Crippen LogP contribution in [0.15, 0.2) is 0 Å². The molecule has 0 bridgehead atoms. The maximum absolute atomic E-state index is 12.4. The van der Waals surface area contributed by atoms with Crippen molar-refractivity contribution in [1.29, 1.82) is 0 Å². The van der Waals surface area contributed by atoms with Gasteiger partial charge in [0.2, 0.25) is 0 Å². The van der Waals surface area contributed by atoms with Gasteiger partial charge in [-0.05, 0) is 25.5 Å². The van der Waals surface area contributed by atoms with E-state index in [1.165, 1.54) is 76.0 Å². The quantitative estimate of drug-likeness (QED) is 0.115. The predicted molar refractivity (Wildman–Crippen MR) is 124 cm³/mol. The highest BCUT2D eigenvalue weighted by molar-refractivity contribution is 8.47. The molecular formula is C21H38O3S3. The summed E-state index contributed by atoms with van der Waals surface area (Å²) in [5.74, 6) is 0.875. The number of rotatable bonds is 16. The topological polar surface area (TPSA) is 38.8 Å². The van der Waals surface area contributed by atoms with Crippen molar-refractivity contribution in [2.45, 2.75) is 102 Å². The number of thiocarbonyl (C=S) groups is 1. The van der Waals surface area contributed by atoms with Crippen molar-refractivity contribution in [3.63, 3.8) is 0 Å². The van der Waals surface area contributed by atoms with E-state index in [0.717, 1.165) is 9.28 Å². The number of thioether (sulfide) groups is 2. The SMILES string of the molecule is CCCCCCCCCCCCSC(=S)SC(C)(CC)C(=O)OCC1CO1. The lowest BCUT2D eigenvalue weighted by atomic mass is 10.1. The first-order valence-corrected chi connectivity index (χ1v) is 12.9. The number of esters is 1. The van der Waals surface area contributed by atoms with Crippen molar-refractivity contribution >= 4 is 45.2 Å². The van der Waals surface area contributed by atoms with Crippen LogP contribution in [0.25, 0.3) is 0 Å². The predicted octanol–water partition coefficient (Wildman–Crippen LogP) is 6.77. The van der Waals surface area contributed by atoms with Crippen LogP contribution >= 0.6 is 35.7 Å². The molecular weight excluding hydrogens is 396 g/mol. The highest BCUT2D eigenvalue weighted by Crippen LogP contribution is 2.35. The summed E-state index contributed by atoms with van der Waals surface area (Å²) in [6, 6.07) is 0. The van der Waals surface area contributed by atoms with Gasteiger partial charge < -0.3 is 9.47 Å². The van der Waals surface area contributed by atoms with Crippen LogP contribution in [0.1, 0.15) is 91.4 Å². The van der Waals surface area contributed by atoms with Crippen molar-refractivity contribution in [3.8, 4) is 0 Å². The third kappa shape index (κ3) is 12.4. The van der Waals surface area contributed by atoms with Crippen LogP contribution in [0.4, 0.5) is 0 Å². The molecule has 1 fully saturated rings. The lowest BCUT2D eigenvalue weighted by molar-refractivity contribution is -0.146. The maximum Gasteiger partial charge on any atom is 0.322 e. The number of carbonyl (C=O) groups excluding carboxylic acids is 1. The molecule has 1 heterocycles. The van der Waals surface area contributed by atoms with Crippen LogP contribution < -0.4 is 0 Å². The molecule has 1 rings (SSSR count). The summed E-state index contributed by atoms with van der Waals surface area (Å²) in [5.41, 5.74) is 0. The van der Waals surface area contributed by atoms with E-state index >= 15 is 0 Å². The summed E-state index contributed by atoms with van der Waals surface area (Å²) in [6.45, 7) is 7.28.